The van der Waals surface area contributed by atoms with Crippen LogP contribution in [-0.4, -0.2) is 50.1 Å². The first-order chi connectivity index (χ1) is 11.8. The van der Waals surface area contributed by atoms with Gasteiger partial charge in [0.15, 0.2) is 5.96 Å². The molecule has 0 fully saturated rings. The van der Waals surface area contributed by atoms with Crippen LogP contribution in [0.1, 0.15) is 36.5 Å². The number of unbranched alkanes of at least 4 members (excludes halogenated alkanes) is 1. The van der Waals surface area contributed by atoms with Gasteiger partial charge in [0.2, 0.25) is 0 Å². The zero-order valence-corrected chi connectivity index (χ0v) is 18.4. The van der Waals surface area contributed by atoms with Gasteiger partial charge in [0.05, 0.1) is 0 Å². The van der Waals surface area contributed by atoms with Crippen LogP contribution in [0.3, 0.4) is 0 Å². The van der Waals surface area contributed by atoms with Gasteiger partial charge < -0.3 is 16.0 Å². The molecule has 5 nitrogen and oxygen atoms in total. The summed E-state index contributed by atoms with van der Waals surface area (Å²) < 4.78 is 0. The van der Waals surface area contributed by atoms with E-state index in [1.165, 1.54) is 12.2 Å². The minimum atomic E-state index is -0.0293. The molecule has 0 spiro atoms. The van der Waals surface area contributed by atoms with Gasteiger partial charge in [-0.1, -0.05) is 18.2 Å². The molecule has 0 aliphatic heterocycles. The molecule has 0 radical (unpaired) electrons. The third kappa shape index (κ3) is 12.1. The van der Waals surface area contributed by atoms with E-state index in [1.807, 2.05) is 42.1 Å². The standard InChI is InChI=1S/C18H30N4OS.HI/c1-3-19-18(21-12-7-8-15-24-2)22-14-9-13-20-17(23)16-10-5-4-6-11-16;/h4-6,10-11H,3,7-9,12-15H2,1-2H3,(H,20,23)(H2,19,21,22);1H. The smallest absolute Gasteiger partial charge is 0.251 e. The number of hydrogen-bond donors (Lipinski definition) is 3. The van der Waals surface area contributed by atoms with E-state index >= 15 is 0 Å². The fourth-order valence-corrected chi connectivity index (χ4v) is 2.58. The Labute approximate surface area is 173 Å². The van der Waals surface area contributed by atoms with Crippen LogP contribution >= 0.6 is 35.7 Å². The topological polar surface area (TPSA) is 65.5 Å². The summed E-state index contributed by atoms with van der Waals surface area (Å²) in [5, 5.41) is 9.51. The average Bonchev–Trinajstić information content (AvgIpc) is 2.61. The van der Waals surface area contributed by atoms with Crippen molar-refractivity contribution in [1.29, 1.82) is 0 Å². The van der Waals surface area contributed by atoms with Crippen molar-refractivity contribution >= 4 is 47.6 Å². The molecule has 0 saturated carbocycles. The Bertz CT molecular complexity index is 485. The second-order valence-corrected chi connectivity index (χ2v) is 6.35. The van der Waals surface area contributed by atoms with E-state index < -0.39 is 0 Å². The molecular formula is C18H31IN4OS. The number of amides is 1. The van der Waals surface area contributed by atoms with Gasteiger partial charge in [-0.2, -0.15) is 11.8 Å². The van der Waals surface area contributed by atoms with E-state index in [4.69, 9.17) is 0 Å². The van der Waals surface area contributed by atoms with E-state index in [0.717, 1.165) is 31.9 Å². The van der Waals surface area contributed by atoms with Crippen molar-refractivity contribution in [1.82, 2.24) is 16.0 Å². The lowest BCUT2D eigenvalue weighted by Gasteiger charge is -2.11. The molecule has 0 unspecified atom stereocenters. The van der Waals surface area contributed by atoms with Crippen LogP contribution in [0.5, 0.6) is 0 Å². The molecule has 0 aliphatic carbocycles. The van der Waals surface area contributed by atoms with Crippen LogP contribution < -0.4 is 16.0 Å². The normalized spacial score (nSPS) is 10.7. The zero-order chi connectivity index (χ0) is 17.5. The maximum absolute atomic E-state index is 11.9. The molecule has 1 rings (SSSR count). The summed E-state index contributed by atoms with van der Waals surface area (Å²) in [5.74, 6) is 2.03. The first-order valence-electron chi connectivity index (χ1n) is 8.62. The second kappa shape index (κ2) is 16.5. The highest BCUT2D eigenvalue weighted by Crippen LogP contribution is 1.98. The Balaban J connectivity index is 0.00000576. The maximum atomic E-state index is 11.9. The molecule has 0 bridgehead atoms. The predicted octanol–water partition coefficient (Wildman–Crippen LogP) is 3.12. The number of benzene rings is 1. The van der Waals surface area contributed by atoms with Gasteiger partial charge in [-0.05, 0) is 50.3 Å². The molecule has 25 heavy (non-hydrogen) atoms. The molecule has 0 atom stereocenters. The number of guanidine groups is 1. The molecule has 1 aromatic rings. The van der Waals surface area contributed by atoms with Gasteiger partial charge >= 0.3 is 0 Å². The van der Waals surface area contributed by atoms with Crippen molar-refractivity contribution in [3.05, 3.63) is 35.9 Å². The summed E-state index contributed by atoms with van der Waals surface area (Å²) in [5.41, 5.74) is 0.696. The fraction of sp³-hybridized carbons (Fsp3) is 0.556. The molecule has 142 valence electrons. The van der Waals surface area contributed by atoms with Crippen molar-refractivity contribution in [3.8, 4) is 0 Å². The number of halogens is 1. The number of nitrogens with one attached hydrogen (secondary N) is 3. The largest absolute Gasteiger partial charge is 0.357 e. The Morgan fingerprint density at radius 2 is 1.76 bits per heavy atom. The van der Waals surface area contributed by atoms with Gasteiger partial charge in [-0.15, -0.1) is 24.0 Å². The van der Waals surface area contributed by atoms with Crippen molar-refractivity contribution < 1.29 is 4.79 Å². The summed E-state index contributed by atoms with van der Waals surface area (Å²) >= 11 is 1.88. The summed E-state index contributed by atoms with van der Waals surface area (Å²) in [6.45, 7) is 5.17. The second-order valence-electron chi connectivity index (χ2n) is 5.36. The highest BCUT2D eigenvalue weighted by atomic mass is 127. The van der Waals surface area contributed by atoms with E-state index in [0.29, 0.717) is 18.7 Å². The Kier molecular flexibility index (Phi) is 15.9. The number of rotatable bonds is 11. The summed E-state index contributed by atoms with van der Waals surface area (Å²) in [6, 6.07) is 9.27. The Hall–Kier alpha value is -0.960. The summed E-state index contributed by atoms with van der Waals surface area (Å²) in [7, 11) is 0. The minimum Gasteiger partial charge on any atom is -0.357 e. The third-order valence-electron chi connectivity index (χ3n) is 3.34. The molecule has 0 saturated heterocycles. The van der Waals surface area contributed by atoms with Crippen LogP contribution in [-0.2, 0) is 0 Å². The predicted molar refractivity (Wildman–Crippen MR) is 120 cm³/mol. The average molecular weight is 478 g/mol. The fourth-order valence-electron chi connectivity index (χ4n) is 2.08. The quantitative estimate of drug-likeness (QED) is 0.198. The minimum absolute atomic E-state index is 0. The number of hydrogen-bond acceptors (Lipinski definition) is 3. The molecule has 3 N–H and O–H groups in total. The van der Waals surface area contributed by atoms with E-state index in [-0.39, 0.29) is 29.9 Å². The SMILES string of the molecule is CCNC(=NCCCNC(=O)c1ccccc1)NCCCCSC.I. The molecular weight excluding hydrogens is 447 g/mol. The summed E-state index contributed by atoms with van der Waals surface area (Å²) in [6.07, 6.45) is 5.33. The lowest BCUT2D eigenvalue weighted by Crippen LogP contribution is -2.38. The number of carbonyl (C=O) groups is 1. The van der Waals surface area contributed by atoms with Gasteiger partial charge in [-0.25, -0.2) is 0 Å². The molecule has 7 heteroatoms. The number of aliphatic imine (C=N–C) groups is 1. The molecule has 1 aromatic carbocycles. The van der Waals surface area contributed by atoms with Crippen molar-refractivity contribution in [3.63, 3.8) is 0 Å². The van der Waals surface area contributed by atoms with Gasteiger partial charge in [-0.3, -0.25) is 9.79 Å². The van der Waals surface area contributed by atoms with Gasteiger partial charge in [0, 0.05) is 31.7 Å². The number of carbonyl (C=O) groups excluding carboxylic acids is 1. The summed E-state index contributed by atoms with van der Waals surface area (Å²) in [4.78, 5) is 16.4. The van der Waals surface area contributed by atoms with Crippen LogP contribution in [0.15, 0.2) is 35.3 Å². The zero-order valence-electron chi connectivity index (χ0n) is 15.2. The van der Waals surface area contributed by atoms with Crippen molar-refractivity contribution in [2.24, 2.45) is 4.99 Å². The lowest BCUT2D eigenvalue weighted by molar-refractivity contribution is 0.0953. The Morgan fingerprint density at radius 1 is 1.04 bits per heavy atom. The number of thioether (sulfide) groups is 1. The third-order valence-corrected chi connectivity index (χ3v) is 4.04. The van der Waals surface area contributed by atoms with Crippen LogP contribution in [0, 0.1) is 0 Å². The van der Waals surface area contributed by atoms with Crippen molar-refractivity contribution in [2.75, 3.05) is 38.2 Å². The first-order valence-corrected chi connectivity index (χ1v) is 10.0. The molecule has 0 aromatic heterocycles. The van der Waals surface area contributed by atoms with Crippen LogP contribution in [0.25, 0.3) is 0 Å². The first kappa shape index (κ1) is 24.0. The van der Waals surface area contributed by atoms with E-state index in [1.54, 1.807) is 0 Å². The number of nitrogens with zero attached hydrogens (tertiary/aromatic N) is 1. The maximum Gasteiger partial charge on any atom is 0.251 e. The highest BCUT2D eigenvalue weighted by Gasteiger charge is 2.02. The highest BCUT2D eigenvalue weighted by molar-refractivity contribution is 14.0. The molecule has 0 aliphatic rings. The van der Waals surface area contributed by atoms with E-state index in [9.17, 15) is 4.79 Å². The molecule has 0 heterocycles. The van der Waals surface area contributed by atoms with E-state index in [2.05, 4.69) is 34.1 Å². The van der Waals surface area contributed by atoms with Gasteiger partial charge in [0.25, 0.3) is 5.91 Å². The monoisotopic (exact) mass is 478 g/mol. The van der Waals surface area contributed by atoms with Crippen LogP contribution in [0.2, 0.25) is 0 Å². The van der Waals surface area contributed by atoms with Crippen LogP contribution in [0.4, 0.5) is 0 Å². The lowest BCUT2D eigenvalue weighted by atomic mass is 10.2. The van der Waals surface area contributed by atoms with Gasteiger partial charge in [0.1, 0.15) is 0 Å². The van der Waals surface area contributed by atoms with Crippen molar-refractivity contribution in [2.45, 2.75) is 26.2 Å². The Morgan fingerprint density at radius 3 is 2.44 bits per heavy atom. The molecule has 1 amide bonds.